The Kier molecular flexibility index (Phi) is 7.59. The Morgan fingerprint density at radius 2 is 1.73 bits per heavy atom. The third-order valence-electron chi connectivity index (χ3n) is 5.70. The largest absolute Gasteiger partial charge is 0.479 e. The molecule has 3 atom stereocenters. The summed E-state index contributed by atoms with van der Waals surface area (Å²) in [5.41, 5.74) is -1.85. The minimum atomic E-state index is -1.57. The molecule has 0 aromatic heterocycles. The fourth-order valence-electron chi connectivity index (χ4n) is 4.06. The summed E-state index contributed by atoms with van der Waals surface area (Å²) < 4.78 is 6.45. The highest BCUT2D eigenvalue weighted by Gasteiger charge is 2.58. The lowest BCUT2D eigenvalue weighted by molar-refractivity contribution is -0.158. The molecule has 8 heteroatoms. The zero-order valence-corrected chi connectivity index (χ0v) is 21.5. The van der Waals surface area contributed by atoms with Gasteiger partial charge in [-0.3, -0.25) is 9.59 Å². The number of esters is 1. The average molecular weight is 534 g/mol. The van der Waals surface area contributed by atoms with Crippen molar-refractivity contribution in [1.29, 1.82) is 0 Å². The fraction of sp³-hybridized carbons (Fsp3) is 0.400. The number of nitrogens with zero attached hydrogens (tertiary/aromatic N) is 1. The minimum absolute atomic E-state index is 0.104. The van der Waals surface area contributed by atoms with Crippen molar-refractivity contribution in [1.82, 2.24) is 4.90 Å². The maximum atomic E-state index is 13.4. The molecule has 1 aliphatic heterocycles. The van der Waals surface area contributed by atoms with Gasteiger partial charge in [0.2, 0.25) is 0 Å². The molecule has 0 saturated carbocycles. The number of likely N-dealkylation sites (tertiary alicyclic amines) is 1. The van der Waals surface area contributed by atoms with Crippen LogP contribution in [0.1, 0.15) is 44.5 Å². The van der Waals surface area contributed by atoms with E-state index in [0.29, 0.717) is 5.56 Å². The summed E-state index contributed by atoms with van der Waals surface area (Å²) in [6.45, 7) is 7.05. The van der Waals surface area contributed by atoms with Crippen LogP contribution in [0, 0.1) is 5.92 Å². The summed E-state index contributed by atoms with van der Waals surface area (Å²) in [5.74, 6) is -2.63. The van der Waals surface area contributed by atoms with Gasteiger partial charge in [-0.2, -0.15) is 0 Å². The summed E-state index contributed by atoms with van der Waals surface area (Å²) in [6, 6.07) is 16.3. The predicted octanol–water partition coefficient (Wildman–Crippen LogP) is 5.26. The Hall–Kier alpha value is -2.32. The van der Waals surface area contributed by atoms with Crippen molar-refractivity contribution in [3.8, 4) is 0 Å². The van der Waals surface area contributed by atoms with Gasteiger partial charge < -0.3 is 14.7 Å². The van der Waals surface area contributed by atoms with Crippen molar-refractivity contribution in [2.75, 3.05) is 6.54 Å². The number of amides is 1. The number of thioether (sulfide) groups is 1. The van der Waals surface area contributed by atoms with Crippen molar-refractivity contribution >= 4 is 45.5 Å². The van der Waals surface area contributed by atoms with E-state index in [1.165, 1.54) is 23.6 Å². The number of rotatable bonds is 6. The second-order valence-electron chi connectivity index (χ2n) is 9.24. The minimum Gasteiger partial charge on any atom is -0.479 e. The fourth-order valence-corrected chi connectivity index (χ4v) is 5.72. The number of carbonyl (C=O) groups is 3. The van der Waals surface area contributed by atoms with Crippen LogP contribution in [0.5, 0.6) is 0 Å². The number of aliphatic carboxylic acids is 1. The van der Waals surface area contributed by atoms with Crippen molar-refractivity contribution in [2.24, 2.45) is 5.92 Å². The number of carboxylic acids is 1. The molecule has 1 heterocycles. The maximum absolute atomic E-state index is 13.4. The molecule has 1 fully saturated rings. The monoisotopic (exact) mass is 533 g/mol. The van der Waals surface area contributed by atoms with Gasteiger partial charge in [0.1, 0.15) is 11.1 Å². The SMILES string of the molecule is CC(C)(C)OC(=O)C[C@H]1[C@@H](Sc2ccc(Br)cc2)CN(C(=O)c2ccccc2)[C@]1(C)C(=O)O. The first-order chi connectivity index (χ1) is 15.4. The number of hydrogen-bond acceptors (Lipinski definition) is 5. The Morgan fingerprint density at radius 3 is 2.27 bits per heavy atom. The molecule has 2 aromatic rings. The lowest BCUT2D eigenvalue weighted by Crippen LogP contribution is -2.55. The van der Waals surface area contributed by atoms with Crippen molar-refractivity contribution in [3.63, 3.8) is 0 Å². The summed E-state index contributed by atoms with van der Waals surface area (Å²) in [7, 11) is 0. The van der Waals surface area contributed by atoms with Gasteiger partial charge in [0.05, 0.1) is 6.42 Å². The van der Waals surface area contributed by atoms with Crippen molar-refractivity contribution < 1.29 is 24.2 Å². The lowest BCUT2D eigenvalue weighted by Gasteiger charge is -2.35. The van der Waals surface area contributed by atoms with Gasteiger partial charge in [-0.15, -0.1) is 11.8 Å². The molecular formula is C25H28BrNO5S. The van der Waals surface area contributed by atoms with Crippen LogP contribution < -0.4 is 0 Å². The van der Waals surface area contributed by atoms with E-state index in [1.54, 1.807) is 51.1 Å². The topological polar surface area (TPSA) is 83.9 Å². The van der Waals surface area contributed by atoms with E-state index >= 15 is 0 Å². The molecule has 0 unspecified atom stereocenters. The quantitative estimate of drug-likeness (QED) is 0.510. The molecule has 1 aliphatic rings. The van der Waals surface area contributed by atoms with E-state index in [0.717, 1.165) is 9.37 Å². The van der Waals surface area contributed by atoms with Gasteiger partial charge in [0.15, 0.2) is 0 Å². The van der Waals surface area contributed by atoms with Gasteiger partial charge in [0, 0.05) is 32.6 Å². The van der Waals surface area contributed by atoms with Crippen LogP contribution in [-0.2, 0) is 14.3 Å². The van der Waals surface area contributed by atoms with Gasteiger partial charge in [0.25, 0.3) is 5.91 Å². The van der Waals surface area contributed by atoms with Crippen molar-refractivity contribution in [2.45, 2.75) is 55.4 Å². The molecule has 1 saturated heterocycles. The molecule has 6 nitrogen and oxygen atoms in total. The highest BCUT2D eigenvalue weighted by atomic mass is 79.9. The Labute approximate surface area is 206 Å². The van der Waals surface area contributed by atoms with E-state index in [1.807, 2.05) is 24.3 Å². The molecule has 0 spiro atoms. The molecule has 1 amide bonds. The second-order valence-corrected chi connectivity index (χ2v) is 11.5. The third-order valence-corrected chi connectivity index (χ3v) is 7.55. The standard InChI is InChI=1S/C25H28BrNO5S/c1-24(2,3)32-21(28)14-19-20(33-18-12-10-17(26)11-13-18)15-27(25(19,4)23(30)31)22(29)16-8-6-5-7-9-16/h5-13,19-20H,14-15H2,1-4H3,(H,30,31)/t19-,20-,25-/m0/s1. The summed E-state index contributed by atoms with van der Waals surface area (Å²) >= 11 is 4.90. The number of carboxylic acid groups (broad SMARTS) is 1. The van der Waals surface area contributed by atoms with E-state index in [-0.39, 0.29) is 24.1 Å². The van der Waals surface area contributed by atoms with E-state index in [4.69, 9.17) is 4.74 Å². The zero-order chi connectivity index (χ0) is 24.4. The maximum Gasteiger partial charge on any atom is 0.329 e. The molecular weight excluding hydrogens is 506 g/mol. The van der Waals surface area contributed by atoms with Crippen LogP contribution in [-0.4, -0.2) is 50.8 Å². The zero-order valence-electron chi connectivity index (χ0n) is 19.1. The highest BCUT2D eigenvalue weighted by Crippen LogP contribution is 2.46. The number of ether oxygens (including phenoxy) is 1. The Balaban J connectivity index is 1.99. The summed E-state index contributed by atoms with van der Waals surface area (Å²) in [5, 5.41) is 10.0. The van der Waals surface area contributed by atoms with E-state index in [9.17, 15) is 19.5 Å². The molecule has 0 bridgehead atoms. The molecule has 33 heavy (non-hydrogen) atoms. The first-order valence-electron chi connectivity index (χ1n) is 10.7. The Bertz CT molecular complexity index is 1020. The lowest BCUT2D eigenvalue weighted by atomic mass is 9.83. The van der Waals surface area contributed by atoms with Crippen LogP contribution in [0.3, 0.4) is 0 Å². The normalized spacial score (nSPS) is 22.8. The van der Waals surface area contributed by atoms with Crippen LogP contribution in [0.25, 0.3) is 0 Å². The van der Waals surface area contributed by atoms with E-state index in [2.05, 4.69) is 15.9 Å². The van der Waals surface area contributed by atoms with Gasteiger partial charge in [-0.05, 0) is 64.1 Å². The molecule has 176 valence electrons. The highest BCUT2D eigenvalue weighted by molar-refractivity contribution is 9.10. The van der Waals surface area contributed by atoms with E-state index < -0.39 is 29.0 Å². The van der Waals surface area contributed by atoms with Crippen LogP contribution in [0.4, 0.5) is 0 Å². The first kappa shape index (κ1) is 25.3. The number of halogens is 1. The van der Waals surface area contributed by atoms with Crippen molar-refractivity contribution in [3.05, 3.63) is 64.6 Å². The second kappa shape index (κ2) is 9.89. The van der Waals surface area contributed by atoms with Crippen LogP contribution in [0.2, 0.25) is 0 Å². The van der Waals surface area contributed by atoms with Gasteiger partial charge in [-0.1, -0.05) is 34.1 Å². The van der Waals surface area contributed by atoms with Crippen LogP contribution in [0.15, 0.2) is 64.0 Å². The van der Waals surface area contributed by atoms with Gasteiger partial charge >= 0.3 is 11.9 Å². The average Bonchev–Trinajstić information content (AvgIpc) is 3.01. The molecule has 3 rings (SSSR count). The summed E-state index contributed by atoms with van der Waals surface area (Å²) in [6.07, 6.45) is -0.104. The smallest absolute Gasteiger partial charge is 0.329 e. The molecule has 2 aromatic carbocycles. The van der Waals surface area contributed by atoms with Crippen LogP contribution >= 0.6 is 27.7 Å². The number of carbonyl (C=O) groups excluding carboxylic acids is 2. The number of hydrogen-bond donors (Lipinski definition) is 1. The molecule has 1 N–H and O–H groups in total. The first-order valence-corrected chi connectivity index (χ1v) is 12.3. The number of benzene rings is 2. The molecule has 0 radical (unpaired) electrons. The van der Waals surface area contributed by atoms with Gasteiger partial charge in [-0.25, -0.2) is 4.79 Å². The Morgan fingerprint density at radius 1 is 1.12 bits per heavy atom. The third kappa shape index (κ3) is 5.79. The predicted molar refractivity (Wildman–Crippen MR) is 131 cm³/mol. The molecule has 0 aliphatic carbocycles. The summed E-state index contributed by atoms with van der Waals surface area (Å²) in [4.78, 5) is 41.1.